The number of para-hydroxylation sites is 2. The first-order valence-corrected chi connectivity index (χ1v) is 9.83. The number of benzene rings is 3. The maximum Gasteiger partial charge on any atom is 0.318 e. The summed E-state index contributed by atoms with van der Waals surface area (Å²) in [7, 11) is 0. The molecule has 0 radical (unpaired) electrons. The van der Waals surface area contributed by atoms with Crippen molar-refractivity contribution in [2.45, 2.75) is 6.10 Å². The zero-order valence-corrected chi connectivity index (χ0v) is 17.3. The topological polar surface area (TPSA) is 155 Å². The second kappa shape index (κ2) is 9.65. The molecule has 0 aromatic heterocycles. The summed E-state index contributed by atoms with van der Waals surface area (Å²) >= 11 is 0. The summed E-state index contributed by atoms with van der Waals surface area (Å²) in [5.74, 6) is 0.587. The lowest BCUT2D eigenvalue weighted by atomic mass is 10.2. The molecule has 1 heterocycles. The van der Waals surface area contributed by atoms with Crippen molar-refractivity contribution in [1.82, 2.24) is 5.43 Å². The molecule has 4 rings (SSSR count). The summed E-state index contributed by atoms with van der Waals surface area (Å²) in [4.78, 5) is 33.0. The highest BCUT2D eigenvalue weighted by Gasteiger charge is 2.27. The van der Waals surface area contributed by atoms with Gasteiger partial charge in [-0.15, -0.1) is 0 Å². The minimum absolute atomic E-state index is 0.0374. The third-order valence-electron chi connectivity index (χ3n) is 4.63. The lowest BCUT2D eigenvalue weighted by Crippen LogP contribution is -2.42. The Hall–Kier alpha value is -5.00. The number of nitro groups is 2. The van der Waals surface area contributed by atoms with Crippen LogP contribution in [-0.4, -0.2) is 34.7 Å². The highest BCUT2D eigenvalue weighted by Crippen LogP contribution is 2.34. The molecule has 0 aliphatic carbocycles. The molecule has 1 amide bonds. The molecule has 0 fully saturated rings. The molecule has 12 nitrogen and oxygen atoms in total. The Morgan fingerprint density at radius 3 is 2.59 bits per heavy atom. The predicted molar refractivity (Wildman–Crippen MR) is 118 cm³/mol. The molecule has 0 spiro atoms. The van der Waals surface area contributed by atoms with E-state index in [1.807, 2.05) is 0 Å². The normalized spacial score (nSPS) is 14.4. The Balaban J connectivity index is 1.41. The average molecular weight is 464 g/mol. The van der Waals surface area contributed by atoms with Gasteiger partial charge in [-0.3, -0.25) is 25.0 Å². The van der Waals surface area contributed by atoms with Gasteiger partial charge in [-0.25, -0.2) is 5.43 Å². The van der Waals surface area contributed by atoms with Crippen molar-refractivity contribution in [3.05, 3.63) is 92.5 Å². The zero-order valence-electron chi connectivity index (χ0n) is 17.3. The van der Waals surface area contributed by atoms with Gasteiger partial charge in [-0.2, -0.15) is 5.10 Å². The van der Waals surface area contributed by atoms with Gasteiger partial charge in [-0.05, 0) is 35.9 Å². The van der Waals surface area contributed by atoms with E-state index in [9.17, 15) is 25.0 Å². The standard InChI is InChI=1S/C22H16N4O8/c27-22(21-13-32-19-6-1-2-7-20(19)34-21)24-23-12-14-4-3-5-16(10-14)33-18-9-8-15(25(28)29)11-17(18)26(30)31/h1-12,21H,13H2,(H,24,27)/b23-12+. The van der Waals surface area contributed by atoms with Crippen LogP contribution in [0.4, 0.5) is 11.4 Å². The van der Waals surface area contributed by atoms with Crippen molar-refractivity contribution < 1.29 is 28.9 Å². The molecule has 12 heteroatoms. The number of ether oxygens (including phenoxy) is 3. The summed E-state index contributed by atoms with van der Waals surface area (Å²) in [5.41, 5.74) is 1.93. The van der Waals surface area contributed by atoms with E-state index in [0.717, 1.165) is 18.2 Å². The first-order valence-electron chi connectivity index (χ1n) is 9.83. The highest BCUT2D eigenvalue weighted by molar-refractivity contribution is 5.85. The van der Waals surface area contributed by atoms with Crippen LogP contribution in [0, 0.1) is 20.2 Å². The van der Waals surface area contributed by atoms with Crippen molar-refractivity contribution in [1.29, 1.82) is 0 Å². The first kappa shape index (κ1) is 22.2. The fourth-order valence-electron chi connectivity index (χ4n) is 3.02. The summed E-state index contributed by atoms with van der Waals surface area (Å²) in [6.07, 6.45) is 0.483. The molecular formula is C22H16N4O8. The third-order valence-corrected chi connectivity index (χ3v) is 4.63. The lowest BCUT2D eigenvalue weighted by Gasteiger charge is -2.24. The average Bonchev–Trinajstić information content (AvgIpc) is 2.84. The van der Waals surface area contributed by atoms with Gasteiger partial charge < -0.3 is 14.2 Å². The minimum Gasteiger partial charge on any atom is -0.485 e. The van der Waals surface area contributed by atoms with Crippen LogP contribution < -0.4 is 19.6 Å². The number of nitrogens with zero attached hydrogens (tertiary/aromatic N) is 3. The zero-order chi connectivity index (χ0) is 24.1. The van der Waals surface area contributed by atoms with Gasteiger partial charge >= 0.3 is 5.69 Å². The molecule has 1 atom stereocenters. The number of nitro benzene ring substituents is 2. The predicted octanol–water partition coefficient (Wildman–Crippen LogP) is 3.59. The Morgan fingerprint density at radius 1 is 1.03 bits per heavy atom. The lowest BCUT2D eigenvalue weighted by molar-refractivity contribution is -0.394. The van der Waals surface area contributed by atoms with Gasteiger partial charge in [0, 0.05) is 6.07 Å². The number of hydrogen-bond donors (Lipinski definition) is 1. The van der Waals surface area contributed by atoms with Gasteiger partial charge in [0.25, 0.3) is 11.6 Å². The molecule has 0 saturated heterocycles. The van der Waals surface area contributed by atoms with Crippen LogP contribution in [0.1, 0.15) is 5.56 Å². The fraction of sp³-hybridized carbons (Fsp3) is 0.0909. The van der Waals surface area contributed by atoms with E-state index >= 15 is 0 Å². The van der Waals surface area contributed by atoms with Gasteiger partial charge in [0.05, 0.1) is 22.1 Å². The smallest absolute Gasteiger partial charge is 0.318 e. The first-order chi connectivity index (χ1) is 16.4. The van der Waals surface area contributed by atoms with Crippen molar-refractivity contribution in [2.75, 3.05) is 6.61 Å². The van der Waals surface area contributed by atoms with Crippen LogP contribution >= 0.6 is 0 Å². The van der Waals surface area contributed by atoms with Gasteiger partial charge in [-0.1, -0.05) is 24.3 Å². The minimum atomic E-state index is -0.871. The Labute approximate surface area is 191 Å². The van der Waals surface area contributed by atoms with Crippen molar-refractivity contribution in [2.24, 2.45) is 5.10 Å². The number of amides is 1. The summed E-state index contributed by atoms with van der Waals surface area (Å²) in [6.45, 7) is 0.0374. The molecule has 3 aromatic rings. The molecule has 34 heavy (non-hydrogen) atoms. The summed E-state index contributed by atoms with van der Waals surface area (Å²) < 4.78 is 16.7. The number of carbonyl (C=O) groups excluding carboxylic acids is 1. The van der Waals surface area contributed by atoms with Crippen LogP contribution in [0.2, 0.25) is 0 Å². The molecule has 1 aliphatic heterocycles. The van der Waals surface area contributed by atoms with E-state index in [1.54, 1.807) is 42.5 Å². The monoisotopic (exact) mass is 464 g/mol. The number of nitrogens with one attached hydrogen (secondary N) is 1. The molecule has 1 N–H and O–H groups in total. The molecule has 0 saturated carbocycles. The molecular weight excluding hydrogens is 448 g/mol. The molecule has 1 aliphatic rings. The van der Waals surface area contributed by atoms with E-state index in [1.165, 1.54) is 12.3 Å². The fourth-order valence-corrected chi connectivity index (χ4v) is 3.02. The largest absolute Gasteiger partial charge is 0.485 e. The molecule has 3 aromatic carbocycles. The van der Waals surface area contributed by atoms with Crippen LogP contribution in [0.3, 0.4) is 0 Å². The third kappa shape index (κ3) is 5.07. The van der Waals surface area contributed by atoms with Crippen molar-refractivity contribution in [3.8, 4) is 23.0 Å². The van der Waals surface area contributed by atoms with E-state index in [-0.39, 0.29) is 18.1 Å². The van der Waals surface area contributed by atoms with Crippen molar-refractivity contribution >= 4 is 23.5 Å². The molecule has 1 unspecified atom stereocenters. The van der Waals surface area contributed by atoms with E-state index in [4.69, 9.17) is 14.2 Å². The van der Waals surface area contributed by atoms with E-state index in [0.29, 0.717) is 17.1 Å². The summed E-state index contributed by atoms with van der Waals surface area (Å²) in [5, 5.41) is 26.1. The number of hydrogen-bond acceptors (Lipinski definition) is 9. The molecule has 0 bridgehead atoms. The van der Waals surface area contributed by atoms with Gasteiger partial charge in [0.1, 0.15) is 12.4 Å². The number of rotatable bonds is 7. The van der Waals surface area contributed by atoms with Crippen LogP contribution in [0.15, 0.2) is 71.8 Å². The summed E-state index contributed by atoms with van der Waals surface area (Å²) in [6, 6.07) is 16.4. The van der Waals surface area contributed by atoms with Crippen LogP contribution in [0.25, 0.3) is 0 Å². The maximum absolute atomic E-state index is 12.3. The quantitative estimate of drug-likeness (QED) is 0.316. The van der Waals surface area contributed by atoms with E-state index in [2.05, 4.69) is 10.5 Å². The number of carbonyl (C=O) groups is 1. The number of non-ortho nitro benzene ring substituents is 1. The Morgan fingerprint density at radius 2 is 1.82 bits per heavy atom. The Kier molecular flexibility index (Phi) is 6.30. The van der Waals surface area contributed by atoms with Gasteiger partial charge in [0.2, 0.25) is 11.9 Å². The highest BCUT2D eigenvalue weighted by atomic mass is 16.6. The van der Waals surface area contributed by atoms with Gasteiger partial charge in [0.15, 0.2) is 11.5 Å². The second-order valence-corrected chi connectivity index (χ2v) is 6.94. The van der Waals surface area contributed by atoms with E-state index < -0.39 is 33.2 Å². The Bertz CT molecular complexity index is 1290. The number of hydrazone groups is 1. The molecule has 172 valence electrons. The van der Waals surface area contributed by atoms with Crippen LogP contribution in [0.5, 0.6) is 23.0 Å². The second-order valence-electron chi connectivity index (χ2n) is 6.94. The van der Waals surface area contributed by atoms with Crippen LogP contribution in [-0.2, 0) is 4.79 Å². The SMILES string of the molecule is O=C(N/N=C/c1cccc(Oc2ccc([N+](=O)[O-])cc2[N+](=O)[O-])c1)C1COc2ccccc2O1. The number of fused-ring (bicyclic) bond motifs is 1. The van der Waals surface area contributed by atoms with Crippen molar-refractivity contribution in [3.63, 3.8) is 0 Å². The maximum atomic E-state index is 12.3.